The van der Waals surface area contributed by atoms with Gasteiger partial charge < -0.3 is 5.73 Å². The lowest BCUT2D eigenvalue weighted by Gasteiger charge is -2.07. The molecule has 0 aliphatic heterocycles. The van der Waals surface area contributed by atoms with E-state index in [0.717, 1.165) is 18.7 Å². The zero-order valence-electron chi connectivity index (χ0n) is 9.85. The van der Waals surface area contributed by atoms with Crippen LogP contribution in [0.5, 0.6) is 0 Å². The molecule has 2 atom stereocenters. The molecule has 3 rings (SSSR count). The third kappa shape index (κ3) is 1.74. The number of rotatable bonds is 2. The van der Waals surface area contributed by atoms with Crippen LogP contribution in [0.3, 0.4) is 0 Å². The van der Waals surface area contributed by atoms with Crippen molar-refractivity contribution in [2.45, 2.75) is 31.7 Å². The average Bonchev–Trinajstić information content (AvgIpc) is 2.95. The van der Waals surface area contributed by atoms with Crippen molar-refractivity contribution >= 4 is 0 Å². The minimum Gasteiger partial charge on any atom is -0.321 e. The van der Waals surface area contributed by atoms with Gasteiger partial charge in [0.05, 0.1) is 6.04 Å². The fourth-order valence-electron chi connectivity index (χ4n) is 2.49. The van der Waals surface area contributed by atoms with Gasteiger partial charge in [-0.3, -0.25) is 5.10 Å². The summed E-state index contributed by atoms with van der Waals surface area (Å²) in [6, 6.07) is 8.44. The predicted octanol–water partition coefficient (Wildman–Crippen LogP) is 1.90. The standard InChI is InChI=1S/C13H16N4/c1-8(14)12-15-13(17-16-12)11-7-6-9-4-2-3-5-10(9)11/h2-5,8,11H,6-7,14H2,1H3,(H,15,16,17). The molecule has 1 aliphatic carbocycles. The van der Waals surface area contributed by atoms with Crippen LogP contribution in [-0.4, -0.2) is 15.2 Å². The third-order valence-electron chi connectivity index (χ3n) is 3.39. The summed E-state index contributed by atoms with van der Waals surface area (Å²) in [5, 5.41) is 7.20. The number of H-pyrrole nitrogens is 1. The van der Waals surface area contributed by atoms with Crippen molar-refractivity contribution in [2.24, 2.45) is 5.73 Å². The summed E-state index contributed by atoms with van der Waals surface area (Å²) in [6.07, 6.45) is 2.22. The zero-order valence-corrected chi connectivity index (χ0v) is 9.85. The Balaban J connectivity index is 1.95. The maximum atomic E-state index is 5.78. The Morgan fingerprint density at radius 3 is 3.00 bits per heavy atom. The Bertz CT molecular complexity index is 530. The second-order valence-corrected chi connectivity index (χ2v) is 4.66. The lowest BCUT2D eigenvalue weighted by atomic mass is 10.0. The normalized spacial score (nSPS) is 20.2. The number of fused-ring (bicyclic) bond motifs is 1. The van der Waals surface area contributed by atoms with E-state index in [1.54, 1.807) is 0 Å². The van der Waals surface area contributed by atoms with E-state index in [9.17, 15) is 0 Å². The van der Waals surface area contributed by atoms with Crippen LogP contribution < -0.4 is 5.73 Å². The largest absolute Gasteiger partial charge is 0.321 e. The van der Waals surface area contributed by atoms with Crippen molar-refractivity contribution in [3.8, 4) is 0 Å². The molecular formula is C13H16N4. The van der Waals surface area contributed by atoms with Crippen LogP contribution in [0.2, 0.25) is 0 Å². The molecule has 0 amide bonds. The van der Waals surface area contributed by atoms with Gasteiger partial charge >= 0.3 is 0 Å². The molecular weight excluding hydrogens is 212 g/mol. The van der Waals surface area contributed by atoms with Gasteiger partial charge in [0, 0.05) is 5.92 Å². The van der Waals surface area contributed by atoms with E-state index in [1.165, 1.54) is 11.1 Å². The van der Waals surface area contributed by atoms with E-state index in [2.05, 4.69) is 39.4 Å². The number of aromatic amines is 1. The van der Waals surface area contributed by atoms with Crippen molar-refractivity contribution in [1.82, 2.24) is 15.2 Å². The molecule has 2 unspecified atom stereocenters. The van der Waals surface area contributed by atoms with E-state index in [1.807, 2.05) is 6.92 Å². The molecule has 1 aromatic heterocycles. The van der Waals surface area contributed by atoms with E-state index in [-0.39, 0.29) is 6.04 Å². The summed E-state index contributed by atoms with van der Waals surface area (Å²) in [6.45, 7) is 1.90. The average molecular weight is 228 g/mol. The van der Waals surface area contributed by atoms with Crippen LogP contribution in [0.25, 0.3) is 0 Å². The molecule has 88 valence electrons. The highest BCUT2D eigenvalue weighted by Crippen LogP contribution is 2.36. The topological polar surface area (TPSA) is 67.6 Å². The lowest BCUT2D eigenvalue weighted by Crippen LogP contribution is -2.07. The molecule has 0 saturated carbocycles. The Morgan fingerprint density at radius 2 is 2.24 bits per heavy atom. The monoisotopic (exact) mass is 228 g/mol. The Morgan fingerprint density at radius 1 is 1.41 bits per heavy atom. The lowest BCUT2D eigenvalue weighted by molar-refractivity contribution is 0.726. The van der Waals surface area contributed by atoms with Crippen LogP contribution in [0.1, 0.15) is 48.1 Å². The van der Waals surface area contributed by atoms with Gasteiger partial charge in [0.25, 0.3) is 0 Å². The smallest absolute Gasteiger partial charge is 0.167 e. The number of nitrogens with two attached hydrogens (primary N) is 1. The molecule has 0 saturated heterocycles. The molecule has 3 N–H and O–H groups in total. The first-order chi connectivity index (χ1) is 8.25. The number of hydrogen-bond donors (Lipinski definition) is 2. The van der Waals surface area contributed by atoms with E-state index in [4.69, 9.17) is 5.73 Å². The molecule has 0 radical (unpaired) electrons. The molecule has 17 heavy (non-hydrogen) atoms. The first-order valence-corrected chi connectivity index (χ1v) is 6.01. The van der Waals surface area contributed by atoms with Crippen molar-refractivity contribution in [3.05, 3.63) is 47.0 Å². The zero-order chi connectivity index (χ0) is 11.8. The fourth-order valence-corrected chi connectivity index (χ4v) is 2.49. The highest BCUT2D eigenvalue weighted by molar-refractivity contribution is 5.38. The van der Waals surface area contributed by atoms with Gasteiger partial charge in [-0.1, -0.05) is 24.3 Å². The van der Waals surface area contributed by atoms with Crippen LogP contribution in [-0.2, 0) is 6.42 Å². The summed E-state index contributed by atoms with van der Waals surface area (Å²) in [5.74, 6) is 2.00. The summed E-state index contributed by atoms with van der Waals surface area (Å²) in [4.78, 5) is 4.50. The molecule has 0 bridgehead atoms. The molecule has 0 spiro atoms. The molecule has 1 heterocycles. The molecule has 1 aromatic carbocycles. The Kier molecular flexibility index (Phi) is 2.44. The van der Waals surface area contributed by atoms with Gasteiger partial charge in [0.1, 0.15) is 5.82 Å². The highest BCUT2D eigenvalue weighted by Gasteiger charge is 2.26. The number of aromatic nitrogens is 3. The summed E-state index contributed by atoms with van der Waals surface area (Å²) in [7, 11) is 0. The van der Waals surface area contributed by atoms with Crippen LogP contribution >= 0.6 is 0 Å². The second-order valence-electron chi connectivity index (χ2n) is 4.66. The van der Waals surface area contributed by atoms with Crippen molar-refractivity contribution in [1.29, 1.82) is 0 Å². The summed E-state index contributed by atoms with van der Waals surface area (Å²) >= 11 is 0. The van der Waals surface area contributed by atoms with Crippen molar-refractivity contribution in [3.63, 3.8) is 0 Å². The maximum Gasteiger partial charge on any atom is 0.167 e. The minimum absolute atomic E-state index is 0.114. The van der Waals surface area contributed by atoms with Gasteiger partial charge in [-0.25, -0.2) is 4.98 Å². The quantitative estimate of drug-likeness (QED) is 0.825. The van der Waals surface area contributed by atoms with E-state index >= 15 is 0 Å². The third-order valence-corrected chi connectivity index (χ3v) is 3.39. The first-order valence-electron chi connectivity index (χ1n) is 6.01. The van der Waals surface area contributed by atoms with E-state index in [0.29, 0.717) is 11.7 Å². The van der Waals surface area contributed by atoms with Gasteiger partial charge in [0.15, 0.2) is 5.82 Å². The van der Waals surface area contributed by atoms with Crippen LogP contribution in [0.4, 0.5) is 0 Å². The van der Waals surface area contributed by atoms with Crippen molar-refractivity contribution < 1.29 is 0 Å². The minimum atomic E-state index is -0.114. The van der Waals surface area contributed by atoms with Crippen LogP contribution in [0.15, 0.2) is 24.3 Å². The summed E-state index contributed by atoms with van der Waals surface area (Å²) in [5.41, 5.74) is 8.58. The number of benzene rings is 1. The first kappa shape index (κ1) is 10.5. The molecule has 2 aromatic rings. The Hall–Kier alpha value is -1.68. The molecule has 4 heteroatoms. The molecule has 0 fully saturated rings. The number of nitrogens with zero attached hydrogens (tertiary/aromatic N) is 2. The van der Waals surface area contributed by atoms with Gasteiger partial charge in [-0.15, -0.1) is 0 Å². The van der Waals surface area contributed by atoms with Crippen molar-refractivity contribution in [2.75, 3.05) is 0 Å². The SMILES string of the molecule is CC(N)c1n[nH]c(C2CCc3ccccc32)n1. The Labute approximate surface area is 100 Å². The predicted molar refractivity (Wildman–Crippen MR) is 65.6 cm³/mol. The number of hydrogen-bond acceptors (Lipinski definition) is 3. The van der Waals surface area contributed by atoms with Crippen LogP contribution in [0, 0.1) is 0 Å². The maximum absolute atomic E-state index is 5.78. The van der Waals surface area contributed by atoms with Gasteiger partial charge in [-0.2, -0.15) is 5.10 Å². The highest BCUT2D eigenvalue weighted by atomic mass is 15.2. The molecule has 1 aliphatic rings. The van der Waals surface area contributed by atoms with Gasteiger partial charge in [-0.05, 0) is 30.9 Å². The number of aryl methyl sites for hydroxylation is 1. The summed E-state index contributed by atoms with van der Waals surface area (Å²) < 4.78 is 0. The van der Waals surface area contributed by atoms with Gasteiger partial charge in [0.2, 0.25) is 0 Å². The molecule has 4 nitrogen and oxygen atoms in total. The second kappa shape index (κ2) is 3.96. The van der Waals surface area contributed by atoms with E-state index < -0.39 is 0 Å². The fraction of sp³-hybridized carbons (Fsp3) is 0.385. The number of nitrogens with one attached hydrogen (secondary N) is 1.